The zero-order chi connectivity index (χ0) is 10.7. The summed E-state index contributed by atoms with van der Waals surface area (Å²) in [5.41, 5.74) is 2.87. The van der Waals surface area contributed by atoms with E-state index in [9.17, 15) is 4.79 Å². The van der Waals surface area contributed by atoms with Crippen molar-refractivity contribution in [2.45, 2.75) is 6.92 Å². The smallest absolute Gasteiger partial charge is 0.253 e. The molecule has 1 rings (SSSR count). The first-order valence-corrected chi connectivity index (χ1v) is 4.56. The van der Waals surface area contributed by atoms with Crippen LogP contribution < -0.4 is 5.32 Å². The molecule has 0 atom stereocenters. The Labute approximate surface area is 84.7 Å². The Morgan fingerprint density at radius 1 is 1.36 bits per heavy atom. The van der Waals surface area contributed by atoms with Crippen LogP contribution in [0.3, 0.4) is 0 Å². The Balaban J connectivity index is 3.03. The lowest BCUT2D eigenvalue weighted by Crippen LogP contribution is -2.21. The van der Waals surface area contributed by atoms with Gasteiger partial charge in [0.2, 0.25) is 0 Å². The van der Waals surface area contributed by atoms with Gasteiger partial charge in [-0.25, -0.2) is 0 Å². The van der Waals surface area contributed by atoms with E-state index in [2.05, 4.69) is 5.32 Å². The van der Waals surface area contributed by atoms with Crippen LogP contribution in [0.4, 0.5) is 5.69 Å². The molecule has 0 radical (unpaired) electrons. The first-order chi connectivity index (χ1) is 6.56. The second kappa shape index (κ2) is 4.13. The number of nitrogens with one attached hydrogen (secondary N) is 1. The topological polar surface area (TPSA) is 32.3 Å². The number of hydrogen-bond donors (Lipinski definition) is 1. The highest BCUT2D eigenvalue weighted by atomic mass is 16.2. The second-order valence-electron chi connectivity index (χ2n) is 3.48. The number of amides is 1. The van der Waals surface area contributed by atoms with Crippen LogP contribution in [0.15, 0.2) is 18.2 Å². The third-order valence-electron chi connectivity index (χ3n) is 2.15. The Morgan fingerprint density at radius 2 is 2.00 bits per heavy atom. The molecule has 0 spiro atoms. The van der Waals surface area contributed by atoms with Crippen molar-refractivity contribution < 1.29 is 4.79 Å². The number of rotatable bonds is 2. The molecule has 1 N–H and O–H groups in total. The quantitative estimate of drug-likeness (QED) is 0.774. The summed E-state index contributed by atoms with van der Waals surface area (Å²) in [5, 5.41) is 3.07. The zero-order valence-corrected chi connectivity index (χ0v) is 9.09. The Morgan fingerprint density at radius 3 is 2.43 bits per heavy atom. The third-order valence-corrected chi connectivity index (χ3v) is 2.15. The van der Waals surface area contributed by atoms with Crippen LogP contribution in [0.1, 0.15) is 15.9 Å². The maximum Gasteiger partial charge on any atom is 0.253 e. The van der Waals surface area contributed by atoms with Gasteiger partial charge in [0.05, 0.1) is 0 Å². The molecule has 1 aromatic rings. The Hall–Kier alpha value is -1.51. The maximum atomic E-state index is 11.6. The summed E-state index contributed by atoms with van der Waals surface area (Å²) < 4.78 is 0. The molecule has 0 saturated heterocycles. The van der Waals surface area contributed by atoms with Gasteiger partial charge in [0.25, 0.3) is 5.91 Å². The van der Waals surface area contributed by atoms with Gasteiger partial charge in [-0.1, -0.05) is 0 Å². The molecule has 0 aliphatic carbocycles. The molecule has 0 aromatic heterocycles. The summed E-state index contributed by atoms with van der Waals surface area (Å²) in [4.78, 5) is 13.2. The van der Waals surface area contributed by atoms with Crippen molar-refractivity contribution in [1.82, 2.24) is 4.90 Å². The monoisotopic (exact) mass is 192 g/mol. The molecule has 0 aliphatic rings. The normalized spacial score (nSPS) is 9.71. The van der Waals surface area contributed by atoms with Gasteiger partial charge in [-0.2, -0.15) is 0 Å². The average molecular weight is 192 g/mol. The second-order valence-corrected chi connectivity index (χ2v) is 3.48. The molecular weight excluding hydrogens is 176 g/mol. The highest BCUT2D eigenvalue weighted by Crippen LogP contribution is 2.16. The zero-order valence-electron chi connectivity index (χ0n) is 9.09. The van der Waals surface area contributed by atoms with Crippen LogP contribution in [-0.4, -0.2) is 32.0 Å². The van der Waals surface area contributed by atoms with E-state index in [-0.39, 0.29) is 5.91 Å². The first-order valence-electron chi connectivity index (χ1n) is 4.56. The third kappa shape index (κ3) is 2.05. The van der Waals surface area contributed by atoms with Gasteiger partial charge in [0.1, 0.15) is 0 Å². The number of anilines is 1. The number of carbonyl (C=O) groups excluding carboxylic acids is 1. The van der Waals surface area contributed by atoms with Crippen molar-refractivity contribution in [3.63, 3.8) is 0 Å². The van der Waals surface area contributed by atoms with Gasteiger partial charge in [0, 0.05) is 32.4 Å². The lowest BCUT2D eigenvalue weighted by Gasteiger charge is -2.12. The van der Waals surface area contributed by atoms with E-state index >= 15 is 0 Å². The number of aryl methyl sites for hydroxylation is 1. The first kappa shape index (κ1) is 10.6. The number of nitrogens with zero attached hydrogens (tertiary/aromatic N) is 1. The van der Waals surface area contributed by atoms with Gasteiger partial charge in [-0.3, -0.25) is 4.79 Å². The minimum atomic E-state index is 0.0377. The number of carbonyl (C=O) groups is 1. The van der Waals surface area contributed by atoms with E-state index in [0.29, 0.717) is 0 Å². The minimum absolute atomic E-state index is 0.0377. The van der Waals surface area contributed by atoms with E-state index in [4.69, 9.17) is 0 Å². The minimum Gasteiger partial charge on any atom is -0.388 e. The van der Waals surface area contributed by atoms with Crippen LogP contribution >= 0.6 is 0 Å². The largest absolute Gasteiger partial charge is 0.388 e. The van der Waals surface area contributed by atoms with Crippen LogP contribution in [0.25, 0.3) is 0 Å². The Bertz CT molecular complexity index is 345. The summed E-state index contributed by atoms with van der Waals surface area (Å²) in [6.07, 6.45) is 0. The number of benzene rings is 1. The molecule has 14 heavy (non-hydrogen) atoms. The lowest BCUT2D eigenvalue weighted by atomic mass is 10.1. The molecule has 3 heteroatoms. The summed E-state index contributed by atoms with van der Waals surface area (Å²) in [6, 6.07) is 5.65. The van der Waals surface area contributed by atoms with Gasteiger partial charge < -0.3 is 10.2 Å². The van der Waals surface area contributed by atoms with Crippen molar-refractivity contribution in [2.24, 2.45) is 0 Å². The molecule has 0 aliphatic heterocycles. The van der Waals surface area contributed by atoms with E-state index in [1.54, 1.807) is 19.0 Å². The molecule has 0 saturated carbocycles. The van der Waals surface area contributed by atoms with Crippen LogP contribution in [0, 0.1) is 6.92 Å². The molecule has 3 nitrogen and oxygen atoms in total. The lowest BCUT2D eigenvalue weighted by molar-refractivity contribution is 0.0827. The van der Waals surface area contributed by atoms with Gasteiger partial charge in [-0.05, 0) is 30.7 Å². The fourth-order valence-corrected chi connectivity index (χ4v) is 1.34. The molecule has 1 aromatic carbocycles. The van der Waals surface area contributed by atoms with Crippen LogP contribution in [0.2, 0.25) is 0 Å². The van der Waals surface area contributed by atoms with Gasteiger partial charge >= 0.3 is 0 Å². The van der Waals surface area contributed by atoms with Crippen molar-refractivity contribution in [2.75, 3.05) is 26.5 Å². The summed E-state index contributed by atoms with van der Waals surface area (Å²) in [6.45, 7) is 1.98. The van der Waals surface area contributed by atoms with Crippen molar-refractivity contribution >= 4 is 11.6 Å². The highest BCUT2D eigenvalue weighted by molar-refractivity contribution is 5.94. The predicted molar refractivity (Wildman–Crippen MR) is 58.7 cm³/mol. The molecule has 76 valence electrons. The molecular formula is C11H16N2O. The number of hydrogen-bond acceptors (Lipinski definition) is 2. The molecule has 1 amide bonds. The fourth-order valence-electron chi connectivity index (χ4n) is 1.34. The fraction of sp³-hybridized carbons (Fsp3) is 0.364. The SMILES string of the molecule is CNc1ccc(C(=O)N(C)C)cc1C. The van der Waals surface area contributed by atoms with E-state index in [1.807, 2.05) is 32.2 Å². The molecule has 0 bridgehead atoms. The van der Waals surface area contributed by atoms with E-state index in [0.717, 1.165) is 16.8 Å². The van der Waals surface area contributed by atoms with Crippen molar-refractivity contribution in [1.29, 1.82) is 0 Å². The maximum absolute atomic E-state index is 11.6. The summed E-state index contributed by atoms with van der Waals surface area (Å²) >= 11 is 0. The van der Waals surface area contributed by atoms with Gasteiger partial charge in [0.15, 0.2) is 0 Å². The molecule has 0 unspecified atom stereocenters. The average Bonchev–Trinajstić information content (AvgIpc) is 2.16. The Kier molecular flexibility index (Phi) is 3.12. The molecule has 0 fully saturated rings. The standard InChI is InChI=1S/C11H16N2O/c1-8-7-9(11(14)13(3)4)5-6-10(8)12-2/h5-7,12H,1-4H3. The van der Waals surface area contributed by atoms with Crippen LogP contribution in [0.5, 0.6) is 0 Å². The molecule has 0 heterocycles. The van der Waals surface area contributed by atoms with Crippen LogP contribution in [-0.2, 0) is 0 Å². The van der Waals surface area contributed by atoms with Gasteiger partial charge in [-0.15, -0.1) is 0 Å². The van der Waals surface area contributed by atoms with E-state index < -0.39 is 0 Å². The van der Waals surface area contributed by atoms with Crippen molar-refractivity contribution in [3.8, 4) is 0 Å². The van der Waals surface area contributed by atoms with Crippen molar-refractivity contribution in [3.05, 3.63) is 29.3 Å². The van der Waals surface area contributed by atoms with E-state index in [1.165, 1.54) is 0 Å². The predicted octanol–water partition coefficient (Wildman–Crippen LogP) is 1.74. The summed E-state index contributed by atoms with van der Waals surface area (Å²) in [5.74, 6) is 0.0377. The summed E-state index contributed by atoms with van der Waals surface area (Å²) in [7, 11) is 5.38. The highest BCUT2D eigenvalue weighted by Gasteiger charge is 2.08.